The van der Waals surface area contributed by atoms with Crippen molar-refractivity contribution in [2.24, 2.45) is 0 Å². The number of hydrogen-bond donors (Lipinski definition) is 1. The van der Waals surface area contributed by atoms with Crippen molar-refractivity contribution in [2.45, 2.75) is 0 Å². The molecule has 0 fully saturated rings. The third-order valence-corrected chi connectivity index (χ3v) is 4.51. The van der Waals surface area contributed by atoms with Gasteiger partial charge in [0.1, 0.15) is 0 Å². The molecule has 23 heavy (non-hydrogen) atoms. The monoisotopic (exact) mass is 368 g/mol. The number of nitrogens with one attached hydrogen (secondary N) is 1. The van der Waals surface area contributed by atoms with Gasteiger partial charge >= 0.3 is 0 Å². The van der Waals surface area contributed by atoms with Crippen molar-refractivity contribution in [3.63, 3.8) is 0 Å². The topological polar surface area (TPSA) is 49.4 Å². The van der Waals surface area contributed by atoms with E-state index in [-0.39, 0.29) is 11.8 Å². The van der Waals surface area contributed by atoms with Gasteiger partial charge in [-0.3, -0.25) is 9.59 Å². The van der Waals surface area contributed by atoms with Gasteiger partial charge in [0.25, 0.3) is 11.8 Å². The summed E-state index contributed by atoms with van der Waals surface area (Å²) in [5, 5.41) is 3.52. The molecule has 0 saturated heterocycles. The molecule has 0 unspecified atom stereocenters. The third-order valence-electron chi connectivity index (χ3n) is 4.15. The molecule has 1 N–H and O–H groups in total. The van der Waals surface area contributed by atoms with Crippen molar-refractivity contribution in [1.29, 1.82) is 0 Å². The Morgan fingerprint density at radius 3 is 2.39 bits per heavy atom. The molecule has 0 bridgehead atoms. The normalized spacial score (nSPS) is 18.9. The fourth-order valence-corrected chi connectivity index (χ4v) is 3.55. The Bertz CT molecular complexity index is 873. The van der Waals surface area contributed by atoms with Crippen LogP contribution < -0.4 is 10.2 Å². The zero-order valence-electron chi connectivity index (χ0n) is 12.2. The number of carbonyl (C=O) groups is 2. The quantitative estimate of drug-likeness (QED) is 0.653. The number of amides is 2. The smallest absolute Gasteiger partial charge is 0.259 e. The summed E-state index contributed by atoms with van der Waals surface area (Å²) in [5.41, 5.74) is 4.18. The third kappa shape index (κ3) is 2.04. The number of rotatable bonds is 2. The maximum absolute atomic E-state index is 13.0. The summed E-state index contributed by atoms with van der Waals surface area (Å²) < 4.78 is 0. The summed E-state index contributed by atoms with van der Waals surface area (Å²) in [5.74, 6) is -0.336. The van der Waals surface area contributed by atoms with Crippen LogP contribution in [0.1, 0.15) is 11.1 Å². The molecule has 0 radical (unpaired) electrons. The minimum absolute atomic E-state index is 0.118. The van der Waals surface area contributed by atoms with Gasteiger partial charge in [-0.15, -0.1) is 0 Å². The van der Waals surface area contributed by atoms with Crippen LogP contribution in [0.3, 0.4) is 0 Å². The van der Waals surface area contributed by atoms with Gasteiger partial charge in [0.2, 0.25) is 0 Å². The van der Waals surface area contributed by atoms with E-state index in [4.69, 9.17) is 0 Å². The number of nitrogens with zero attached hydrogens (tertiary/aromatic N) is 1. The number of halogens is 1. The van der Waals surface area contributed by atoms with Crippen LogP contribution in [0.15, 0.2) is 48.5 Å². The summed E-state index contributed by atoms with van der Waals surface area (Å²) in [7, 11) is 0. The highest BCUT2D eigenvalue weighted by atomic mass is 79.9. The summed E-state index contributed by atoms with van der Waals surface area (Å²) in [6.45, 7) is 0.565. The van der Waals surface area contributed by atoms with Crippen LogP contribution in [-0.2, 0) is 9.59 Å². The number of fused-ring (bicyclic) bond motifs is 2. The highest BCUT2D eigenvalue weighted by molar-refractivity contribution is 9.09. The molecular formula is C18H13BrN2O2. The Hall–Kier alpha value is -2.40. The maximum atomic E-state index is 13.0. The van der Waals surface area contributed by atoms with Crippen molar-refractivity contribution >= 4 is 50.3 Å². The SMILES string of the molecule is O=C1Nc2ccccc2/C1=C1\C(=O)N(CCBr)c2ccccc21. The number of alkyl halides is 1. The molecular weight excluding hydrogens is 356 g/mol. The highest BCUT2D eigenvalue weighted by Crippen LogP contribution is 2.44. The van der Waals surface area contributed by atoms with Gasteiger partial charge in [-0.1, -0.05) is 52.3 Å². The summed E-state index contributed by atoms with van der Waals surface area (Å²) in [6.07, 6.45) is 0. The van der Waals surface area contributed by atoms with E-state index < -0.39 is 0 Å². The van der Waals surface area contributed by atoms with E-state index in [9.17, 15) is 9.59 Å². The second-order valence-electron chi connectivity index (χ2n) is 5.41. The van der Waals surface area contributed by atoms with Crippen molar-refractivity contribution in [1.82, 2.24) is 0 Å². The predicted octanol–water partition coefficient (Wildman–Crippen LogP) is 3.29. The van der Waals surface area contributed by atoms with Gasteiger partial charge < -0.3 is 10.2 Å². The minimum atomic E-state index is -0.218. The Kier molecular flexibility index (Phi) is 3.31. The molecule has 2 amide bonds. The number of carbonyl (C=O) groups excluding carboxylic acids is 2. The van der Waals surface area contributed by atoms with Gasteiger partial charge in [0.15, 0.2) is 0 Å². The molecule has 2 aliphatic rings. The van der Waals surface area contributed by atoms with E-state index in [0.29, 0.717) is 23.0 Å². The zero-order chi connectivity index (χ0) is 16.0. The molecule has 0 aliphatic carbocycles. The largest absolute Gasteiger partial charge is 0.321 e. The first-order valence-corrected chi connectivity index (χ1v) is 8.47. The van der Waals surface area contributed by atoms with Gasteiger partial charge in [0, 0.05) is 28.7 Å². The molecule has 0 aromatic heterocycles. The zero-order valence-corrected chi connectivity index (χ0v) is 13.8. The lowest BCUT2D eigenvalue weighted by atomic mass is 9.96. The van der Waals surface area contributed by atoms with E-state index in [1.165, 1.54) is 0 Å². The van der Waals surface area contributed by atoms with Gasteiger partial charge in [0.05, 0.1) is 16.8 Å². The van der Waals surface area contributed by atoms with E-state index in [2.05, 4.69) is 21.2 Å². The van der Waals surface area contributed by atoms with Crippen molar-refractivity contribution in [3.05, 3.63) is 59.7 Å². The molecule has 2 aromatic rings. The Morgan fingerprint density at radius 2 is 1.61 bits per heavy atom. The minimum Gasteiger partial charge on any atom is -0.321 e. The maximum Gasteiger partial charge on any atom is 0.259 e. The lowest BCUT2D eigenvalue weighted by Crippen LogP contribution is -2.28. The molecule has 0 atom stereocenters. The average molecular weight is 369 g/mol. The van der Waals surface area contributed by atoms with E-state index >= 15 is 0 Å². The van der Waals surface area contributed by atoms with E-state index in [1.807, 2.05) is 48.5 Å². The molecule has 0 spiro atoms. The second kappa shape index (κ2) is 5.35. The Morgan fingerprint density at radius 1 is 0.913 bits per heavy atom. The van der Waals surface area contributed by atoms with Crippen molar-refractivity contribution < 1.29 is 9.59 Å². The summed E-state index contributed by atoms with van der Waals surface area (Å²) >= 11 is 3.39. The number of benzene rings is 2. The fourth-order valence-electron chi connectivity index (χ4n) is 3.19. The molecule has 4 nitrogen and oxygen atoms in total. The van der Waals surface area contributed by atoms with Crippen LogP contribution in [0, 0.1) is 0 Å². The van der Waals surface area contributed by atoms with Gasteiger partial charge in [-0.2, -0.15) is 0 Å². The lowest BCUT2D eigenvalue weighted by Gasteiger charge is -2.15. The van der Waals surface area contributed by atoms with E-state index in [1.54, 1.807) is 4.90 Å². The first-order valence-electron chi connectivity index (χ1n) is 7.34. The average Bonchev–Trinajstić information content (AvgIpc) is 3.02. The van der Waals surface area contributed by atoms with Crippen molar-refractivity contribution in [3.8, 4) is 0 Å². The van der Waals surface area contributed by atoms with Crippen LogP contribution in [0.5, 0.6) is 0 Å². The molecule has 114 valence electrons. The van der Waals surface area contributed by atoms with Gasteiger partial charge in [-0.25, -0.2) is 0 Å². The van der Waals surface area contributed by atoms with Crippen LogP contribution in [0.2, 0.25) is 0 Å². The van der Waals surface area contributed by atoms with Crippen LogP contribution in [0.4, 0.5) is 11.4 Å². The molecule has 2 heterocycles. The highest BCUT2D eigenvalue weighted by Gasteiger charge is 2.38. The molecule has 4 rings (SSSR count). The number of para-hydroxylation sites is 2. The summed E-state index contributed by atoms with van der Waals surface area (Å²) in [4.78, 5) is 27.2. The predicted molar refractivity (Wildman–Crippen MR) is 94.5 cm³/mol. The van der Waals surface area contributed by atoms with Crippen LogP contribution in [0.25, 0.3) is 11.1 Å². The molecule has 0 saturated carbocycles. The van der Waals surface area contributed by atoms with Crippen molar-refractivity contribution in [2.75, 3.05) is 22.1 Å². The standard InChI is InChI=1S/C18H13BrN2O2/c19-9-10-21-14-8-4-2-6-12(14)16(18(21)23)15-11-5-1-3-7-13(11)20-17(15)22/h1-8H,9-10H2,(H,20,22)/b16-15+. The first kappa shape index (κ1) is 14.2. The lowest BCUT2D eigenvalue weighted by molar-refractivity contribution is -0.113. The molecule has 2 aliphatic heterocycles. The van der Waals surface area contributed by atoms with E-state index in [0.717, 1.165) is 22.5 Å². The summed E-state index contributed by atoms with van der Waals surface area (Å²) in [6, 6.07) is 15.1. The number of anilines is 2. The fraction of sp³-hybridized carbons (Fsp3) is 0.111. The Labute approximate surface area is 141 Å². The number of hydrogen-bond acceptors (Lipinski definition) is 2. The second-order valence-corrected chi connectivity index (χ2v) is 6.21. The van der Waals surface area contributed by atoms with Crippen LogP contribution >= 0.6 is 15.9 Å². The Balaban J connectivity index is 1.99. The first-order chi connectivity index (χ1) is 11.2. The molecule has 5 heteroatoms. The molecule has 2 aromatic carbocycles. The van der Waals surface area contributed by atoms with Gasteiger partial charge in [-0.05, 0) is 12.1 Å². The van der Waals surface area contributed by atoms with Crippen LogP contribution in [-0.4, -0.2) is 23.7 Å².